The lowest BCUT2D eigenvalue weighted by molar-refractivity contribution is -0.133. The van der Waals surface area contributed by atoms with Crippen molar-refractivity contribution in [1.29, 1.82) is 0 Å². The van der Waals surface area contributed by atoms with Crippen LogP contribution in [0.1, 0.15) is 24.0 Å². The quantitative estimate of drug-likeness (QED) is 0.789. The molecule has 0 bridgehead atoms. The summed E-state index contributed by atoms with van der Waals surface area (Å²) in [4.78, 5) is 27.1. The van der Waals surface area contributed by atoms with Gasteiger partial charge in [0, 0.05) is 24.5 Å². The lowest BCUT2D eigenvalue weighted by atomic mass is 9.96. The van der Waals surface area contributed by atoms with Crippen LogP contribution < -0.4 is 11.1 Å². The molecule has 1 heterocycles. The average Bonchev–Trinajstić information content (AvgIpc) is 2.65. The Kier molecular flexibility index (Phi) is 7.25. The van der Waals surface area contributed by atoms with Crippen LogP contribution in [0.4, 0.5) is 11.4 Å². The molecular weight excluding hydrogens is 362 g/mol. The van der Waals surface area contributed by atoms with E-state index in [1.807, 2.05) is 54.3 Å². The van der Waals surface area contributed by atoms with E-state index in [2.05, 4.69) is 5.32 Å². The Morgan fingerprint density at radius 3 is 2.67 bits per heavy atom. The molecule has 2 aromatic carbocycles. The zero-order valence-electron chi connectivity index (χ0n) is 15.5. The molecule has 3 N–H and O–H groups in total. The van der Waals surface area contributed by atoms with Crippen molar-refractivity contribution in [3.05, 3.63) is 59.7 Å². The van der Waals surface area contributed by atoms with E-state index in [0.717, 1.165) is 29.7 Å². The Morgan fingerprint density at radius 2 is 1.93 bits per heavy atom. The fraction of sp³-hybridized carbons (Fsp3) is 0.333. The molecule has 2 amide bonds. The highest BCUT2D eigenvalue weighted by atomic mass is 35.5. The molecule has 0 radical (unpaired) electrons. The molecule has 2 aromatic rings. The maximum absolute atomic E-state index is 12.7. The number of hydrogen-bond donors (Lipinski definition) is 2. The number of nitrogens with zero attached hydrogens (tertiary/aromatic N) is 1. The molecule has 1 aliphatic rings. The molecule has 1 saturated heterocycles. The standard InChI is InChI=1S/C21H25N3O2.ClH/c1-15-9-10-18(22)13-19(15)23-21(26)17-8-5-11-24(14-17)20(25)12-16-6-3-2-4-7-16;/h2-4,6-7,9-10,13,17H,5,8,11-12,14,22H2,1H3,(H,23,26);1H. The number of anilines is 2. The van der Waals surface area contributed by atoms with Gasteiger partial charge in [-0.05, 0) is 43.0 Å². The van der Waals surface area contributed by atoms with Gasteiger partial charge < -0.3 is 16.0 Å². The Bertz CT molecular complexity index is 795. The molecule has 0 aliphatic carbocycles. The van der Waals surface area contributed by atoms with Gasteiger partial charge in [-0.15, -0.1) is 12.4 Å². The molecule has 0 aromatic heterocycles. The number of likely N-dealkylation sites (tertiary alicyclic amines) is 1. The maximum atomic E-state index is 12.7. The van der Waals surface area contributed by atoms with Crippen LogP contribution in [0.3, 0.4) is 0 Å². The number of halogens is 1. The van der Waals surface area contributed by atoms with Gasteiger partial charge in [0.2, 0.25) is 11.8 Å². The number of aryl methyl sites for hydroxylation is 1. The predicted octanol–water partition coefficient (Wildman–Crippen LogP) is 3.42. The van der Waals surface area contributed by atoms with Crippen molar-refractivity contribution in [2.45, 2.75) is 26.2 Å². The number of nitrogen functional groups attached to an aromatic ring is 1. The van der Waals surface area contributed by atoms with Crippen LogP contribution in [-0.4, -0.2) is 29.8 Å². The number of benzene rings is 2. The third-order valence-corrected chi connectivity index (χ3v) is 4.86. The van der Waals surface area contributed by atoms with Gasteiger partial charge >= 0.3 is 0 Å². The minimum Gasteiger partial charge on any atom is -0.399 e. The first-order valence-corrected chi connectivity index (χ1v) is 9.01. The molecule has 1 fully saturated rings. The van der Waals surface area contributed by atoms with Crippen molar-refractivity contribution < 1.29 is 9.59 Å². The lowest BCUT2D eigenvalue weighted by Crippen LogP contribution is -2.44. The summed E-state index contributed by atoms with van der Waals surface area (Å²) in [5, 5.41) is 2.97. The minimum absolute atomic E-state index is 0. The van der Waals surface area contributed by atoms with Crippen molar-refractivity contribution in [3.8, 4) is 0 Å². The molecule has 1 atom stereocenters. The number of rotatable bonds is 4. The van der Waals surface area contributed by atoms with Gasteiger partial charge in [-0.2, -0.15) is 0 Å². The summed E-state index contributed by atoms with van der Waals surface area (Å²) < 4.78 is 0. The maximum Gasteiger partial charge on any atom is 0.229 e. The molecule has 6 heteroatoms. The van der Waals surface area contributed by atoms with E-state index in [0.29, 0.717) is 25.2 Å². The van der Waals surface area contributed by atoms with Crippen molar-refractivity contribution in [3.63, 3.8) is 0 Å². The third-order valence-electron chi connectivity index (χ3n) is 4.86. The average molecular weight is 388 g/mol. The van der Waals surface area contributed by atoms with E-state index in [4.69, 9.17) is 5.73 Å². The first kappa shape index (κ1) is 20.8. The highest BCUT2D eigenvalue weighted by molar-refractivity contribution is 5.94. The van der Waals surface area contributed by atoms with Crippen molar-refractivity contribution >= 4 is 35.6 Å². The van der Waals surface area contributed by atoms with Crippen LogP contribution in [0.25, 0.3) is 0 Å². The second-order valence-electron chi connectivity index (χ2n) is 6.90. The van der Waals surface area contributed by atoms with Gasteiger partial charge in [-0.3, -0.25) is 9.59 Å². The second kappa shape index (κ2) is 9.42. The summed E-state index contributed by atoms with van der Waals surface area (Å²) in [5.74, 6) is -0.158. The second-order valence-corrected chi connectivity index (χ2v) is 6.90. The third kappa shape index (κ3) is 5.47. The summed E-state index contributed by atoms with van der Waals surface area (Å²) in [6, 6.07) is 15.2. The van der Waals surface area contributed by atoms with Gasteiger partial charge in [0.1, 0.15) is 0 Å². The normalized spacial score (nSPS) is 16.3. The molecule has 5 nitrogen and oxygen atoms in total. The number of amides is 2. The topological polar surface area (TPSA) is 75.4 Å². The fourth-order valence-corrected chi connectivity index (χ4v) is 3.31. The van der Waals surface area contributed by atoms with Crippen molar-refractivity contribution in [2.24, 2.45) is 5.92 Å². The summed E-state index contributed by atoms with van der Waals surface area (Å²) in [5.41, 5.74) is 9.14. The Balaban J connectivity index is 0.00000261. The zero-order chi connectivity index (χ0) is 18.5. The molecule has 0 saturated carbocycles. The van der Waals surface area contributed by atoms with Gasteiger partial charge in [-0.1, -0.05) is 36.4 Å². The largest absolute Gasteiger partial charge is 0.399 e. The Labute approximate surface area is 166 Å². The van der Waals surface area contributed by atoms with E-state index in [1.54, 1.807) is 6.07 Å². The molecule has 1 unspecified atom stereocenters. The van der Waals surface area contributed by atoms with Gasteiger partial charge in [0.15, 0.2) is 0 Å². The predicted molar refractivity (Wildman–Crippen MR) is 111 cm³/mol. The smallest absolute Gasteiger partial charge is 0.229 e. The number of carbonyl (C=O) groups excluding carboxylic acids is 2. The highest BCUT2D eigenvalue weighted by Gasteiger charge is 2.28. The molecular formula is C21H26ClN3O2. The van der Waals surface area contributed by atoms with Crippen molar-refractivity contribution in [1.82, 2.24) is 4.90 Å². The summed E-state index contributed by atoms with van der Waals surface area (Å²) in [7, 11) is 0. The van der Waals surface area contributed by atoms with Crippen LogP contribution in [0, 0.1) is 12.8 Å². The van der Waals surface area contributed by atoms with E-state index < -0.39 is 0 Å². The van der Waals surface area contributed by atoms with E-state index in [9.17, 15) is 9.59 Å². The molecule has 27 heavy (non-hydrogen) atoms. The summed E-state index contributed by atoms with van der Waals surface area (Å²) >= 11 is 0. The summed E-state index contributed by atoms with van der Waals surface area (Å²) in [6.45, 7) is 3.12. The fourth-order valence-electron chi connectivity index (χ4n) is 3.31. The van der Waals surface area contributed by atoms with E-state index in [1.165, 1.54) is 0 Å². The Hall–Kier alpha value is -2.53. The number of carbonyl (C=O) groups is 2. The number of nitrogens with one attached hydrogen (secondary N) is 1. The number of nitrogens with two attached hydrogens (primary N) is 1. The van der Waals surface area contributed by atoms with Crippen LogP contribution in [-0.2, 0) is 16.0 Å². The van der Waals surface area contributed by atoms with E-state index in [-0.39, 0.29) is 30.1 Å². The number of piperidine rings is 1. The minimum atomic E-state index is -0.190. The monoisotopic (exact) mass is 387 g/mol. The molecule has 0 spiro atoms. The van der Waals surface area contributed by atoms with Crippen LogP contribution in [0.5, 0.6) is 0 Å². The van der Waals surface area contributed by atoms with E-state index >= 15 is 0 Å². The van der Waals surface area contributed by atoms with Crippen LogP contribution >= 0.6 is 12.4 Å². The van der Waals surface area contributed by atoms with Crippen LogP contribution in [0.15, 0.2) is 48.5 Å². The van der Waals surface area contributed by atoms with Crippen LogP contribution in [0.2, 0.25) is 0 Å². The SMILES string of the molecule is Cc1ccc(N)cc1NC(=O)C1CCCN(C(=O)Cc2ccccc2)C1.Cl. The summed E-state index contributed by atoms with van der Waals surface area (Å²) in [6.07, 6.45) is 2.01. The molecule has 3 rings (SSSR count). The van der Waals surface area contributed by atoms with Crippen molar-refractivity contribution in [2.75, 3.05) is 24.1 Å². The first-order valence-electron chi connectivity index (χ1n) is 9.01. The first-order chi connectivity index (χ1) is 12.5. The number of hydrogen-bond acceptors (Lipinski definition) is 3. The Morgan fingerprint density at radius 1 is 1.19 bits per heavy atom. The zero-order valence-corrected chi connectivity index (χ0v) is 16.3. The highest BCUT2D eigenvalue weighted by Crippen LogP contribution is 2.22. The van der Waals surface area contributed by atoms with Gasteiger partial charge in [-0.25, -0.2) is 0 Å². The lowest BCUT2D eigenvalue weighted by Gasteiger charge is -2.32. The molecule has 144 valence electrons. The molecule has 1 aliphatic heterocycles. The van der Waals surface area contributed by atoms with Gasteiger partial charge in [0.25, 0.3) is 0 Å². The van der Waals surface area contributed by atoms with Gasteiger partial charge in [0.05, 0.1) is 12.3 Å².